The molecule has 1 heterocycles. The Morgan fingerprint density at radius 1 is 1.14 bits per heavy atom. The first-order valence-electron chi connectivity index (χ1n) is 5.49. The fourth-order valence-corrected chi connectivity index (χ4v) is 1.51. The number of ether oxygens (including phenoxy) is 1. The van der Waals surface area contributed by atoms with E-state index in [0.717, 1.165) is 39.3 Å². The van der Waals surface area contributed by atoms with Crippen molar-refractivity contribution in [1.29, 1.82) is 0 Å². The molecule has 0 aromatic rings. The van der Waals surface area contributed by atoms with Crippen molar-refractivity contribution in [1.82, 2.24) is 4.90 Å². The van der Waals surface area contributed by atoms with E-state index >= 15 is 0 Å². The van der Waals surface area contributed by atoms with Crippen LogP contribution in [0.25, 0.3) is 0 Å². The number of unbranched alkanes of at least 4 members (excludes halogenated alkanes) is 2. The van der Waals surface area contributed by atoms with Gasteiger partial charge < -0.3 is 4.74 Å². The second-order valence-corrected chi connectivity index (χ2v) is 3.60. The highest BCUT2D eigenvalue weighted by Gasteiger charge is 2.07. The first-order chi connectivity index (χ1) is 6.93. The standard InChI is InChI=1S/C12H21NO/c1-2-3-4-5-6-7-8-13-9-11-14-12-10-13/h2,6-7H,1,3-5,8-12H2/b7-6+. The summed E-state index contributed by atoms with van der Waals surface area (Å²) in [6.45, 7) is 8.73. The second-order valence-electron chi connectivity index (χ2n) is 3.60. The highest BCUT2D eigenvalue weighted by molar-refractivity contribution is 4.86. The van der Waals surface area contributed by atoms with E-state index in [0.29, 0.717) is 0 Å². The van der Waals surface area contributed by atoms with Gasteiger partial charge in [-0.05, 0) is 19.3 Å². The van der Waals surface area contributed by atoms with Gasteiger partial charge in [-0.2, -0.15) is 0 Å². The van der Waals surface area contributed by atoms with Gasteiger partial charge in [-0.15, -0.1) is 6.58 Å². The molecule has 80 valence electrons. The largest absolute Gasteiger partial charge is 0.379 e. The number of hydrogen-bond acceptors (Lipinski definition) is 2. The second kappa shape index (κ2) is 7.77. The Morgan fingerprint density at radius 3 is 2.64 bits per heavy atom. The van der Waals surface area contributed by atoms with Crippen LogP contribution in [0, 0.1) is 0 Å². The van der Waals surface area contributed by atoms with E-state index in [2.05, 4.69) is 23.6 Å². The minimum absolute atomic E-state index is 0.893. The Hall–Kier alpha value is -0.600. The summed E-state index contributed by atoms with van der Waals surface area (Å²) in [5.41, 5.74) is 0. The van der Waals surface area contributed by atoms with E-state index in [9.17, 15) is 0 Å². The van der Waals surface area contributed by atoms with E-state index < -0.39 is 0 Å². The Labute approximate surface area is 87.2 Å². The average Bonchev–Trinajstić information content (AvgIpc) is 2.25. The Morgan fingerprint density at radius 2 is 1.93 bits per heavy atom. The van der Waals surface area contributed by atoms with Crippen molar-refractivity contribution >= 4 is 0 Å². The lowest BCUT2D eigenvalue weighted by Crippen LogP contribution is -2.36. The normalized spacial score (nSPS) is 18.9. The fraction of sp³-hybridized carbons (Fsp3) is 0.667. The Balaban J connectivity index is 1.97. The molecule has 14 heavy (non-hydrogen) atoms. The molecule has 0 atom stereocenters. The lowest BCUT2D eigenvalue weighted by Gasteiger charge is -2.25. The highest BCUT2D eigenvalue weighted by atomic mass is 16.5. The minimum atomic E-state index is 0.893. The molecule has 0 radical (unpaired) electrons. The molecule has 1 aliphatic rings. The van der Waals surface area contributed by atoms with Crippen molar-refractivity contribution in [3.8, 4) is 0 Å². The van der Waals surface area contributed by atoms with Gasteiger partial charge in [-0.25, -0.2) is 0 Å². The van der Waals surface area contributed by atoms with E-state index in [1.165, 1.54) is 12.8 Å². The third kappa shape index (κ3) is 5.20. The van der Waals surface area contributed by atoms with Crippen LogP contribution in [0.5, 0.6) is 0 Å². The lowest BCUT2D eigenvalue weighted by molar-refractivity contribution is 0.0434. The molecule has 1 fully saturated rings. The number of nitrogens with zero attached hydrogens (tertiary/aromatic N) is 1. The van der Waals surface area contributed by atoms with Gasteiger partial charge in [0.15, 0.2) is 0 Å². The Kier molecular flexibility index (Phi) is 6.37. The molecule has 2 nitrogen and oxygen atoms in total. The first kappa shape index (κ1) is 11.5. The number of allylic oxidation sites excluding steroid dienone is 2. The molecule has 0 aliphatic carbocycles. The maximum Gasteiger partial charge on any atom is 0.0594 e. The van der Waals surface area contributed by atoms with Crippen molar-refractivity contribution < 1.29 is 4.74 Å². The van der Waals surface area contributed by atoms with Crippen molar-refractivity contribution in [2.24, 2.45) is 0 Å². The average molecular weight is 195 g/mol. The van der Waals surface area contributed by atoms with Crippen LogP contribution in [0.1, 0.15) is 19.3 Å². The van der Waals surface area contributed by atoms with Crippen LogP contribution in [-0.4, -0.2) is 37.7 Å². The summed E-state index contributed by atoms with van der Waals surface area (Å²) in [4.78, 5) is 2.42. The van der Waals surface area contributed by atoms with Crippen LogP contribution in [0.2, 0.25) is 0 Å². The quantitative estimate of drug-likeness (QED) is 0.476. The molecule has 0 unspecified atom stereocenters. The van der Waals surface area contributed by atoms with Gasteiger partial charge in [0, 0.05) is 19.6 Å². The van der Waals surface area contributed by atoms with Gasteiger partial charge in [-0.3, -0.25) is 4.90 Å². The van der Waals surface area contributed by atoms with Crippen LogP contribution in [0.4, 0.5) is 0 Å². The van der Waals surface area contributed by atoms with Gasteiger partial charge in [0.25, 0.3) is 0 Å². The van der Waals surface area contributed by atoms with E-state index in [1.807, 2.05) is 6.08 Å². The smallest absolute Gasteiger partial charge is 0.0594 e. The molecule has 1 rings (SSSR count). The predicted octanol–water partition coefficient (Wildman–Crippen LogP) is 2.23. The molecule has 0 aromatic carbocycles. The van der Waals surface area contributed by atoms with Crippen LogP contribution < -0.4 is 0 Å². The summed E-state index contributed by atoms with van der Waals surface area (Å²) >= 11 is 0. The number of rotatable bonds is 6. The lowest BCUT2D eigenvalue weighted by atomic mass is 10.2. The van der Waals surface area contributed by atoms with Crippen molar-refractivity contribution in [2.45, 2.75) is 19.3 Å². The zero-order chi connectivity index (χ0) is 10.1. The topological polar surface area (TPSA) is 12.5 Å². The van der Waals surface area contributed by atoms with Crippen LogP contribution in [0.3, 0.4) is 0 Å². The predicted molar refractivity (Wildman–Crippen MR) is 60.4 cm³/mol. The van der Waals surface area contributed by atoms with Crippen LogP contribution in [-0.2, 0) is 4.74 Å². The zero-order valence-electron chi connectivity index (χ0n) is 8.95. The third-order valence-electron chi connectivity index (χ3n) is 2.41. The minimum Gasteiger partial charge on any atom is -0.379 e. The molecule has 0 saturated carbocycles. The maximum absolute atomic E-state index is 5.28. The fourth-order valence-electron chi connectivity index (χ4n) is 1.51. The van der Waals surface area contributed by atoms with E-state index in [4.69, 9.17) is 4.74 Å². The highest BCUT2D eigenvalue weighted by Crippen LogP contribution is 1.99. The molecule has 0 aromatic heterocycles. The summed E-state index contributed by atoms with van der Waals surface area (Å²) < 4.78 is 5.28. The van der Waals surface area contributed by atoms with Crippen LogP contribution in [0.15, 0.2) is 24.8 Å². The molecule has 0 bridgehead atoms. The molecule has 0 amide bonds. The van der Waals surface area contributed by atoms with Gasteiger partial charge in [0.05, 0.1) is 13.2 Å². The molecular weight excluding hydrogens is 174 g/mol. The van der Waals surface area contributed by atoms with Crippen molar-refractivity contribution in [2.75, 3.05) is 32.8 Å². The van der Waals surface area contributed by atoms with Gasteiger partial charge in [0.1, 0.15) is 0 Å². The molecule has 1 aliphatic heterocycles. The Bertz CT molecular complexity index is 171. The van der Waals surface area contributed by atoms with E-state index in [1.54, 1.807) is 0 Å². The third-order valence-corrected chi connectivity index (χ3v) is 2.41. The zero-order valence-corrected chi connectivity index (χ0v) is 8.95. The molecule has 1 saturated heterocycles. The number of hydrogen-bond donors (Lipinski definition) is 0. The van der Waals surface area contributed by atoms with Gasteiger partial charge in [0.2, 0.25) is 0 Å². The summed E-state index contributed by atoms with van der Waals surface area (Å²) in [6.07, 6.45) is 10.1. The van der Waals surface area contributed by atoms with Gasteiger partial charge in [-0.1, -0.05) is 18.2 Å². The van der Waals surface area contributed by atoms with E-state index in [-0.39, 0.29) is 0 Å². The summed E-state index contributed by atoms with van der Waals surface area (Å²) in [5.74, 6) is 0. The summed E-state index contributed by atoms with van der Waals surface area (Å²) in [7, 11) is 0. The molecule has 0 N–H and O–H groups in total. The monoisotopic (exact) mass is 195 g/mol. The van der Waals surface area contributed by atoms with Crippen LogP contribution >= 0.6 is 0 Å². The first-order valence-corrected chi connectivity index (χ1v) is 5.49. The maximum atomic E-state index is 5.28. The summed E-state index contributed by atoms with van der Waals surface area (Å²) in [5, 5.41) is 0. The summed E-state index contributed by atoms with van der Waals surface area (Å²) in [6, 6.07) is 0. The SMILES string of the molecule is C=CCCC/C=C/CN1CCOCC1. The molecule has 2 heteroatoms. The molecular formula is C12H21NO. The van der Waals surface area contributed by atoms with Gasteiger partial charge >= 0.3 is 0 Å². The van der Waals surface area contributed by atoms with Crippen molar-refractivity contribution in [3.63, 3.8) is 0 Å². The van der Waals surface area contributed by atoms with Crippen molar-refractivity contribution in [3.05, 3.63) is 24.8 Å². The molecule has 0 spiro atoms. The number of morpholine rings is 1.